The molecule has 0 fully saturated rings. The summed E-state index contributed by atoms with van der Waals surface area (Å²) in [5.74, 6) is 0.878. The molecule has 1 aromatic heterocycles. The summed E-state index contributed by atoms with van der Waals surface area (Å²) in [5.41, 5.74) is 1.61. The first-order valence-corrected chi connectivity index (χ1v) is 5.69. The molecule has 1 aliphatic heterocycles. The van der Waals surface area contributed by atoms with Gasteiger partial charge in [0.15, 0.2) is 5.82 Å². The molecule has 3 rings (SSSR count). The highest BCUT2D eigenvalue weighted by molar-refractivity contribution is 9.10. The first-order chi connectivity index (χ1) is 8.43. The molecule has 1 aliphatic rings. The van der Waals surface area contributed by atoms with Crippen molar-refractivity contribution in [2.24, 2.45) is 0 Å². The molecule has 0 spiro atoms. The van der Waals surface area contributed by atoms with Gasteiger partial charge in [-0.1, -0.05) is 6.07 Å². The number of para-hydroxylation sites is 1. The molecule has 82 valence electrons. The Balaban J connectivity index is 2.40. The average molecular weight is 281 g/mol. The molecule has 5 heteroatoms. The molecule has 0 saturated heterocycles. The monoisotopic (exact) mass is 280 g/mol. The van der Waals surface area contributed by atoms with Crippen molar-refractivity contribution >= 4 is 21.6 Å². The van der Waals surface area contributed by atoms with E-state index < -0.39 is 6.50 Å². The van der Waals surface area contributed by atoms with Gasteiger partial charge >= 0.3 is 0 Å². The third kappa shape index (κ3) is 1.28. The van der Waals surface area contributed by atoms with E-state index in [9.17, 15) is 0 Å². The van der Waals surface area contributed by atoms with Crippen molar-refractivity contribution in [1.82, 2.24) is 14.8 Å². The molecular formula is C11H11BrN4. The highest BCUT2D eigenvalue weighted by Crippen LogP contribution is 2.35. The van der Waals surface area contributed by atoms with Gasteiger partial charge in [0.25, 0.3) is 0 Å². The van der Waals surface area contributed by atoms with Gasteiger partial charge in [0, 0.05) is 11.5 Å². The van der Waals surface area contributed by atoms with Gasteiger partial charge in [0.1, 0.15) is 5.82 Å². The minimum absolute atomic E-state index is 0.313. The topological polar surface area (TPSA) is 34.0 Å². The zero-order chi connectivity index (χ0) is 13.1. The highest BCUT2D eigenvalue weighted by atomic mass is 79.9. The zero-order valence-corrected chi connectivity index (χ0v) is 10.5. The van der Waals surface area contributed by atoms with E-state index in [1.54, 1.807) is 23.6 Å². The maximum atomic E-state index is 8.20. The van der Waals surface area contributed by atoms with Crippen LogP contribution in [0.2, 0.25) is 0 Å². The number of hydrogen-bond acceptors (Lipinski definition) is 3. The lowest BCUT2D eigenvalue weighted by atomic mass is 10.2. The van der Waals surface area contributed by atoms with E-state index in [2.05, 4.69) is 26.0 Å². The number of aromatic nitrogens is 3. The highest BCUT2D eigenvalue weighted by Gasteiger charge is 2.23. The summed E-state index contributed by atoms with van der Waals surface area (Å²) in [5, 5.41) is 4.28. The van der Waals surface area contributed by atoms with Crippen LogP contribution in [-0.4, -0.2) is 21.8 Å². The summed E-state index contributed by atoms with van der Waals surface area (Å²) in [6.45, 7) is 0.0805. The molecule has 16 heavy (non-hydrogen) atoms. The van der Waals surface area contributed by atoms with E-state index in [0.29, 0.717) is 11.6 Å². The van der Waals surface area contributed by atoms with Gasteiger partial charge in [-0.05, 0) is 35.0 Å². The van der Waals surface area contributed by atoms with E-state index >= 15 is 0 Å². The van der Waals surface area contributed by atoms with Crippen LogP contribution in [-0.2, 0) is 6.50 Å². The predicted molar refractivity (Wildman–Crippen MR) is 65.9 cm³/mol. The third-order valence-electron chi connectivity index (χ3n) is 2.51. The fraction of sp³-hybridized carbons (Fsp3) is 0.273. The lowest BCUT2D eigenvalue weighted by molar-refractivity contribution is 0.722. The van der Waals surface area contributed by atoms with Gasteiger partial charge < -0.3 is 4.90 Å². The van der Waals surface area contributed by atoms with Crippen LogP contribution in [0.5, 0.6) is 0 Å². The minimum Gasteiger partial charge on any atom is -0.364 e. The summed E-state index contributed by atoms with van der Waals surface area (Å²) in [4.78, 5) is 5.78. The Morgan fingerprint density at radius 2 is 2.31 bits per heavy atom. The smallest absolute Gasteiger partial charge is 0.152 e. The standard InChI is InChI=1S/C11H11BrN4/c1-7-13-10-6-15(2)11-8(12)4-3-5-9(11)16(10)14-7/h3-5H,6H2,1-2H3/i6D2. The molecule has 0 bridgehead atoms. The van der Waals surface area contributed by atoms with Gasteiger partial charge in [0.05, 0.1) is 20.6 Å². The van der Waals surface area contributed by atoms with Crippen LogP contribution in [0.25, 0.3) is 5.69 Å². The van der Waals surface area contributed by atoms with Crippen LogP contribution in [0.15, 0.2) is 22.7 Å². The molecule has 0 aliphatic carbocycles. The zero-order valence-electron chi connectivity index (χ0n) is 10.9. The summed E-state index contributed by atoms with van der Waals surface area (Å²) in [7, 11) is 1.72. The number of rotatable bonds is 0. The van der Waals surface area contributed by atoms with Crippen molar-refractivity contribution in [3.05, 3.63) is 34.3 Å². The number of anilines is 1. The predicted octanol–water partition coefficient (Wildman–Crippen LogP) is 2.29. The molecule has 2 aromatic rings. The summed E-state index contributed by atoms with van der Waals surface area (Å²) in [6.07, 6.45) is 0. The Hall–Kier alpha value is -1.36. The molecular weight excluding hydrogens is 268 g/mol. The third-order valence-corrected chi connectivity index (χ3v) is 3.15. The van der Waals surface area contributed by atoms with Crippen LogP contribution in [0.4, 0.5) is 5.69 Å². The number of hydrogen-bond donors (Lipinski definition) is 0. The fourth-order valence-corrected chi connectivity index (χ4v) is 2.49. The van der Waals surface area contributed by atoms with Crippen molar-refractivity contribution in [3.8, 4) is 5.69 Å². The van der Waals surface area contributed by atoms with Crippen molar-refractivity contribution in [2.75, 3.05) is 11.9 Å². The van der Waals surface area contributed by atoms with Gasteiger partial charge in [0.2, 0.25) is 0 Å². The molecule has 0 atom stereocenters. The first kappa shape index (κ1) is 7.84. The molecule has 2 heterocycles. The number of aryl methyl sites for hydroxylation is 1. The van der Waals surface area contributed by atoms with Crippen LogP contribution < -0.4 is 4.90 Å². The quantitative estimate of drug-likeness (QED) is 0.743. The van der Waals surface area contributed by atoms with Crippen molar-refractivity contribution < 1.29 is 2.74 Å². The SMILES string of the molecule is [2H]C1([2H])c2nc(C)nn2-c2cccc(Br)c2N1C. The summed E-state index contributed by atoms with van der Waals surface area (Å²) in [6, 6.07) is 5.70. The molecule has 4 nitrogen and oxygen atoms in total. The molecule has 1 aromatic carbocycles. The van der Waals surface area contributed by atoms with Crippen LogP contribution >= 0.6 is 15.9 Å². The Bertz CT molecular complexity index is 638. The largest absolute Gasteiger partial charge is 0.364 e. The number of halogens is 1. The number of benzene rings is 1. The van der Waals surface area contributed by atoms with Crippen molar-refractivity contribution in [2.45, 2.75) is 13.4 Å². The van der Waals surface area contributed by atoms with E-state index in [1.807, 2.05) is 18.2 Å². The Morgan fingerprint density at radius 1 is 1.50 bits per heavy atom. The molecule has 0 radical (unpaired) electrons. The van der Waals surface area contributed by atoms with Crippen molar-refractivity contribution in [3.63, 3.8) is 0 Å². The lowest BCUT2D eigenvalue weighted by Gasteiger charge is -2.28. The Kier molecular flexibility index (Phi) is 1.62. The molecule has 0 N–H and O–H groups in total. The van der Waals surface area contributed by atoms with Crippen LogP contribution in [0, 0.1) is 6.92 Å². The lowest BCUT2D eigenvalue weighted by Crippen LogP contribution is -2.26. The second kappa shape index (κ2) is 3.31. The molecule has 0 amide bonds. The number of nitrogens with zero attached hydrogens (tertiary/aromatic N) is 4. The first-order valence-electron chi connectivity index (χ1n) is 5.90. The summed E-state index contributed by atoms with van der Waals surface area (Å²) < 4.78 is 18.8. The Morgan fingerprint density at radius 3 is 3.12 bits per heavy atom. The average Bonchev–Trinajstić information content (AvgIpc) is 2.69. The maximum Gasteiger partial charge on any atom is 0.152 e. The molecule has 0 saturated carbocycles. The van der Waals surface area contributed by atoms with Gasteiger partial charge in [-0.15, -0.1) is 0 Å². The minimum atomic E-state index is -1.68. The Labute approximate surface area is 105 Å². The van der Waals surface area contributed by atoms with Gasteiger partial charge in [-0.2, -0.15) is 5.10 Å². The van der Waals surface area contributed by atoms with Crippen LogP contribution in [0.1, 0.15) is 14.4 Å². The normalized spacial score (nSPS) is 18.6. The van der Waals surface area contributed by atoms with Gasteiger partial charge in [-0.25, -0.2) is 9.67 Å². The van der Waals surface area contributed by atoms with Gasteiger partial charge in [-0.3, -0.25) is 0 Å². The second-order valence-electron chi connectivity index (χ2n) is 3.67. The summed E-state index contributed by atoms with van der Waals surface area (Å²) >= 11 is 3.46. The van der Waals surface area contributed by atoms with E-state index in [4.69, 9.17) is 2.74 Å². The van der Waals surface area contributed by atoms with Crippen LogP contribution in [0.3, 0.4) is 0 Å². The van der Waals surface area contributed by atoms with E-state index in [0.717, 1.165) is 15.8 Å². The van der Waals surface area contributed by atoms with E-state index in [1.165, 1.54) is 0 Å². The second-order valence-corrected chi connectivity index (χ2v) is 4.53. The van der Waals surface area contributed by atoms with E-state index in [-0.39, 0.29) is 0 Å². The molecule has 0 unspecified atom stereocenters. The number of fused-ring (bicyclic) bond motifs is 3. The maximum absolute atomic E-state index is 8.20. The van der Waals surface area contributed by atoms with Crippen molar-refractivity contribution in [1.29, 1.82) is 0 Å². The fourth-order valence-electron chi connectivity index (χ4n) is 1.87.